The van der Waals surface area contributed by atoms with E-state index in [2.05, 4.69) is 10.3 Å². The Kier molecular flexibility index (Phi) is 3.87. The average molecular weight is 279 g/mol. The first-order valence-corrected chi connectivity index (χ1v) is 6.57. The zero-order valence-corrected chi connectivity index (χ0v) is 11.3. The van der Waals surface area contributed by atoms with Crippen molar-refractivity contribution >= 4 is 17.5 Å². The molecule has 7 nitrogen and oxygen atoms in total. The molecule has 0 bridgehead atoms. The fraction of sp³-hybridized carbons (Fsp3) is 0.538. The van der Waals surface area contributed by atoms with Crippen molar-refractivity contribution in [3.63, 3.8) is 0 Å². The van der Waals surface area contributed by atoms with Crippen LogP contribution in [0.1, 0.15) is 49.4 Å². The number of rotatable bonds is 4. The van der Waals surface area contributed by atoms with E-state index in [-0.39, 0.29) is 22.6 Å². The van der Waals surface area contributed by atoms with Gasteiger partial charge >= 0.3 is 11.7 Å². The van der Waals surface area contributed by atoms with Crippen LogP contribution in [0.15, 0.2) is 12.3 Å². The van der Waals surface area contributed by atoms with Crippen LogP contribution in [0.3, 0.4) is 0 Å². The minimum Gasteiger partial charge on any atom is -0.478 e. The lowest BCUT2D eigenvalue weighted by Gasteiger charge is -2.34. The number of anilines is 1. The summed E-state index contributed by atoms with van der Waals surface area (Å²) in [6.45, 7) is 2.02. The number of nitrogens with zero attached hydrogens (tertiary/aromatic N) is 2. The topological polar surface area (TPSA) is 105 Å². The van der Waals surface area contributed by atoms with Crippen LogP contribution in [0.25, 0.3) is 0 Å². The number of carbonyl (C=O) groups is 1. The lowest BCUT2D eigenvalue weighted by Crippen LogP contribution is -2.37. The van der Waals surface area contributed by atoms with E-state index < -0.39 is 10.9 Å². The van der Waals surface area contributed by atoms with Gasteiger partial charge in [0.05, 0.1) is 10.5 Å². The van der Waals surface area contributed by atoms with Gasteiger partial charge in [-0.2, -0.15) is 0 Å². The standard InChI is InChI=1S/C13H17N3O4/c1-13(5-3-2-4-6-13)15-11-10(16(19)20)7-9(8-14-11)12(17)18/h7-8H,2-6H2,1H3,(H,14,15)(H,17,18). The quantitative estimate of drug-likeness (QED) is 0.648. The molecule has 0 aromatic carbocycles. The van der Waals surface area contributed by atoms with Crippen LogP contribution >= 0.6 is 0 Å². The van der Waals surface area contributed by atoms with E-state index in [1.54, 1.807) is 0 Å². The largest absolute Gasteiger partial charge is 0.478 e. The molecule has 0 aliphatic heterocycles. The van der Waals surface area contributed by atoms with Crippen molar-refractivity contribution in [2.75, 3.05) is 5.32 Å². The van der Waals surface area contributed by atoms with Crippen molar-refractivity contribution in [2.24, 2.45) is 0 Å². The Bertz CT molecular complexity index is 538. The van der Waals surface area contributed by atoms with E-state index >= 15 is 0 Å². The molecule has 1 saturated carbocycles. The first-order chi connectivity index (χ1) is 9.41. The summed E-state index contributed by atoms with van der Waals surface area (Å²) in [5, 5.41) is 23.1. The van der Waals surface area contributed by atoms with E-state index in [0.717, 1.165) is 37.9 Å². The van der Waals surface area contributed by atoms with Gasteiger partial charge in [-0.25, -0.2) is 9.78 Å². The van der Waals surface area contributed by atoms with E-state index in [1.807, 2.05) is 6.92 Å². The molecule has 108 valence electrons. The summed E-state index contributed by atoms with van der Waals surface area (Å²) >= 11 is 0. The Labute approximate surface area is 116 Å². The Morgan fingerprint density at radius 1 is 1.45 bits per heavy atom. The molecule has 0 unspecified atom stereocenters. The van der Waals surface area contributed by atoms with Crippen LogP contribution < -0.4 is 5.32 Å². The van der Waals surface area contributed by atoms with E-state index in [4.69, 9.17) is 5.11 Å². The number of nitrogens with one attached hydrogen (secondary N) is 1. The molecule has 0 atom stereocenters. The number of carboxylic acids is 1. The van der Waals surface area contributed by atoms with Gasteiger partial charge in [0.2, 0.25) is 5.82 Å². The van der Waals surface area contributed by atoms with Gasteiger partial charge in [0.15, 0.2) is 0 Å². The lowest BCUT2D eigenvalue weighted by molar-refractivity contribution is -0.384. The summed E-state index contributed by atoms with van der Waals surface area (Å²) < 4.78 is 0. The summed E-state index contributed by atoms with van der Waals surface area (Å²) in [5.41, 5.74) is -0.700. The summed E-state index contributed by atoms with van der Waals surface area (Å²) in [6, 6.07) is 1.05. The second-order valence-corrected chi connectivity index (χ2v) is 5.40. The second kappa shape index (κ2) is 5.44. The minimum atomic E-state index is -1.23. The molecule has 1 aliphatic carbocycles. The van der Waals surface area contributed by atoms with Gasteiger partial charge in [0.1, 0.15) is 0 Å². The molecule has 1 heterocycles. The van der Waals surface area contributed by atoms with Gasteiger partial charge in [-0.1, -0.05) is 19.3 Å². The van der Waals surface area contributed by atoms with E-state index in [1.165, 1.54) is 6.42 Å². The fourth-order valence-corrected chi connectivity index (χ4v) is 2.55. The molecule has 20 heavy (non-hydrogen) atoms. The van der Waals surface area contributed by atoms with E-state index in [9.17, 15) is 14.9 Å². The number of nitro groups is 1. The van der Waals surface area contributed by atoms with Gasteiger partial charge in [-0.3, -0.25) is 10.1 Å². The zero-order valence-electron chi connectivity index (χ0n) is 11.3. The molecule has 1 aliphatic rings. The molecule has 2 rings (SSSR count). The monoisotopic (exact) mass is 279 g/mol. The SMILES string of the molecule is CC1(Nc2ncc(C(=O)O)cc2[N+](=O)[O-])CCCCC1. The number of aromatic nitrogens is 1. The summed E-state index contributed by atoms with van der Waals surface area (Å²) in [4.78, 5) is 25.3. The smallest absolute Gasteiger partial charge is 0.337 e. The summed E-state index contributed by atoms with van der Waals surface area (Å²) in [6.07, 6.45) is 6.31. The van der Waals surface area contributed by atoms with Gasteiger partial charge in [0.25, 0.3) is 0 Å². The van der Waals surface area contributed by atoms with Crippen molar-refractivity contribution < 1.29 is 14.8 Å². The molecule has 7 heteroatoms. The first-order valence-electron chi connectivity index (χ1n) is 6.57. The molecular formula is C13H17N3O4. The lowest BCUT2D eigenvalue weighted by atomic mass is 9.83. The third kappa shape index (κ3) is 3.04. The van der Waals surface area contributed by atoms with Crippen molar-refractivity contribution in [3.8, 4) is 0 Å². The maximum Gasteiger partial charge on any atom is 0.337 e. The van der Waals surface area contributed by atoms with Crippen molar-refractivity contribution in [3.05, 3.63) is 27.9 Å². The molecule has 1 aromatic rings. The first kappa shape index (κ1) is 14.2. The van der Waals surface area contributed by atoms with Crippen LogP contribution in [0.4, 0.5) is 11.5 Å². The van der Waals surface area contributed by atoms with Crippen LogP contribution in [0, 0.1) is 10.1 Å². The van der Waals surface area contributed by atoms with Crippen LogP contribution in [-0.4, -0.2) is 26.5 Å². The number of carboxylic acid groups (broad SMARTS) is 1. The molecule has 0 amide bonds. The van der Waals surface area contributed by atoms with Crippen molar-refractivity contribution in [2.45, 2.75) is 44.6 Å². The normalized spacial score (nSPS) is 17.4. The molecule has 1 aromatic heterocycles. The van der Waals surface area contributed by atoms with E-state index in [0.29, 0.717) is 0 Å². The third-order valence-corrected chi connectivity index (χ3v) is 3.69. The van der Waals surface area contributed by atoms with Crippen LogP contribution in [0.5, 0.6) is 0 Å². The highest BCUT2D eigenvalue weighted by Crippen LogP contribution is 2.33. The Balaban J connectivity index is 2.31. The van der Waals surface area contributed by atoms with Gasteiger partial charge in [-0.05, 0) is 19.8 Å². The Morgan fingerprint density at radius 3 is 2.65 bits per heavy atom. The Hall–Kier alpha value is -2.18. The number of aromatic carboxylic acids is 1. The average Bonchev–Trinajstić information content (AvgIpc) is 2.39. The molecule has 1 fully saturated rings. The van der Waals surface area contributed by atoms with Gasteiger partial charge in [0, 0.05) is 17.8 Å². The molecule has 0 radical (unpaired) electrons. The minimum absolute atomic E-state index is 0.143. The summed E-state index contributed by atoms with van der Waals surface area (Å²) in [7, 11) is 0. The predicted octanol–water partition coefficient (Wildman–Crippen LogP) is 2.82. The summed E-state index contributed by atoms with van der Waals surface area (Å²) in [5.74, 6) is -1.08. The number of pyridine rings is 1. The van der Waals surface area contributed by atoms with Crippen LogP contribution in [0.2, 0.25) is 0 Å². The Morgan fingerprint density at radius 2 is 2.10 bits per heavy atom. The highest BCUT2D eigenvalue weighted by Gasteiger charge is 2.30. The number of hydrogen-bond acceptors (Lipinski definition) is 5. The number of hydrogen-bond donors (Lipinski definition) is 2. The van der Waals surface area contributed by atoms with Crippen molar-refractivity contribution in [1.82, 2.24) is 4.98 Å². The van der Waals surface area contributed by atoms with Crippen LogP contribution in [-0.2, 0) is 0 Å². The highest BCUT2D eigenvalue weighted by molar-refractivity contribution is 5.88. The third-order valence-electron chi connectivity index (χ3n) is 3.69. The fourth-order valence-electron chi connectivity index (χ4n) is 2.55. The zero-order chi connectivity index (χ0) is 14.8. The van der Waals surface area contributed by atoms with Gasteiger partial charge < -0.3 is 10.4 Å². The maximum atomic E-state index is 11.1. The molecule has 0 spiro atoms. The predicted molar refractivity (Wildman–Crippen MR) is 73.0 cm³/mol. The molecular weight excluding hydrogens is 262 g/mol. The van der Waals surface area contributed by atoms with Crippen molar-refractivity contribution in [1.29, 1.82) is 0 Å². The second-order valence-electron chi connectivity index (χ2n) is 5.40. The van der Waals surface area contributed by atoms with Gasteiger partial charge in [-0.15, -0.1) is 0 Å². The molecule has 2 N–H and O–H groups in total. The molecule has 0 saturated heterocycles. The maximum absolute atomic E-state index is 11.1. The highest BCUT2D eigenvalue weighted by atomic mass is 16.6.